The fraction of sp³-hybridized carbons (Fsp3) is 1.00. The molecule has 2 nitrogen and oxygen atoms in total. The molecule has 0 spiro atoms. The lowest BCUT2D eigenvalue weighted by atomic mass is 9.96. The van der Waals surface area contributed by atoms with E-state index in [4.69, 9.17) is 0 Å². The quantitative estimate of drug-likeness (QED) is 0.759. The largest absolute Gasteiger partial charge is 0.392 e. The Balaban J connectivity index is 2.37. The van der Waals surface area contributed by atoms with Crippen LogP contribution in [0.1, 0.15) is 26.2 Å². The van der Waals surface area contributed by atoms with E-state index in [2.05, 4.69) is 6.92 Å². The van der Waals surface area contributed by atoms with Crippen LogP contribution >= 0.6 is 0 Å². The minimum Gasteiger partial charge on any atom is -0.392 e. The van der Waals surface area contributed by atoms with Crippen molar-refractivity contribution >= 4 is 0 Å². The van der Waals surface area contributed by atoms with E-state index in [1.807, 2.05) is 4.90 Å². The second-order valence-corrected chi connectivity index (χ2v) is 4.10. The molecule has 0 bridgehead atoms. The molecular formula is C10H19F2NO. The molecular weight excluding hydrogens is 188 g/mol. The summed E-state index contributed by atoms with van der Waals surface area (Å²) < 4.78 is 24.9. The SMILES string of the molecule is CCCCN1C[C@@H](O)C[C@@H](C(F)F)C1. The molecule has 0 amide bonds. The second kappa shape index (κ2) is 5.61. The molecule has 4 heteroatoms. The third-order valence-electron chi connectivity index (χ3n) is 2.72. The van der Waals surface area contributed by atoms with E-state index >= 15 is 0 Å². The molecule has 1 fully saturated rings. The predicted octanol–water partition coefficient (Wildman–Crippen LogP) is 1.73. The Morgan fingerprint density at radius 2 is 2.14 bits per heavy atom. The summed E-state index contributed by atoms with van der Waals surface area (Å²) in [7, 11) is 0. The summed E-state index contributed by atoms with van der Waals surface area (Å²) in [5, 5.41) is 9.42. The van der Waals surface area contributed by atoms with Gasteiger partial charge in [-0.25, -0.2) is 8.78 Å². The normalized spacial score (nSPS) is 29.8. The smallest absolute Gasteiger partial charge is 0.242 e. The predicted molar refractivity (Wildman–Crippen MR) is 51.5 cm³/mol. The van der Waals surface area contributed by atoms with Gasteiger partial charge < -0.3 is 10.0 Å². The first-order chi connectivity index (χ1) is 6.63. The average molecular weight is 207 g/mol. The summed E-state index contributed by atoms with van der Waals surface area (Å²) in [6, 6.07) is 0. The molecule has 0 unspecified atom stereocenters. The molecule has 84 valence electrons. The Labute approximate surface area is 83.9 Å². The van der Waals surface area contributed by atoms with Crippen LogP contribution in [0.25, 0.3) is 0 Å². The maximum atomic E-state index is 12.5. The Kier molecular flexibility index (Phi) is 4.75. The molecule has 0 saturated carbocycles. The molecule has 0 aliphatic carbocycles. The number of alkyl halides is 2. The molecule has 0 aromatic carbocycles. The molecule has 0 radical (unpaired) electrons. The van der Waals surface area contributed by atoms with Gasteiger partial charge in [0.1, 0.15) is 0 Å². The Bertz CT molecular complexity index is 166. The number of hydrogen-bond acceptors (Lipinski definition) is 2. The number of rotatable bonds is 4. The number of β-amino-alcohol motifs (C(OH)–C–C–N with tert-alkyl or cyclic N) is 1. The van der Waals surface area contributed by atoms with Crippen LogP contribution in [0.4, 0.5) is 8.78 Å². The zero-order valence-electron chi connectivity index (χ0n) is 8.63. The van der Waals surface area contributed by atoms with E-state index in [1.54, 1.807) is 0 Å². The number of piperidine rings is 1. The summed E-state index contributed by atoms with van der Waals surface area (Å²) >= 11 is 0. The molecule has 1 heterocycles. The Hall–Kier alpha value is -0.220. The highest BCUT2D eigenvalue weighted by atomic mass is 19.3. The zero-order valence-corrected chi connectivity index (χ0v) is 8.63. The summed E-state index contributed by atoms with van der Waals surface area (Å²) in [5.41, 5.74) is 0. The van der Waals surface area contributed by atoms with Crippen LogP contribution in [0.3, 0.4) is 0 Å². The highest BCUT2D eigenvalue weighted by Crippen LogP contribution is 2.23. The number of aliphatic hydroxyl groups excluding tert-OH is 1. The third-order valence-corrected chi connectivity index (χ3v) is 2.72. The van der Waals surface area contributed by atoms with Crippen LogP contribution in [-0.2, 0) is 0 Å². The van der Waals surface area contributed by atoms with Crippen LogP contribution in [0.5, 0.6) is 0 Å². The van der Waals surface area contributed by atoms with Gasteiger partial charge in [0.15, 0.2) is 0 Å². The highest BCUT2D eigenvalue weighted by Gasteiger charge is 2.31. The number of nitrogens with zero attached hydrogens (tertiary/aromatic N) is 1. The van der Waals surface area contributed by atoms with Gasteiger partial charge in [-0.1, -0.05) is 13.3 Å². The number of likely N-dealkylation sites (tertiary alicyclic amines) is 1. The standard InChI is InChI=1S/C10H19F2NO/c1-2-3-4-13-6-8(10(11)12)5-9(14)7-13/h8-10,14H,2-7H2,1H3/t8-,9+/m1/s1. The van der Waals surface area contributed by atoms with Gasteiger partial charge in [-0.05, 0) is 19.4 Å². The van der Waals surface area contributed by atoms with Crippen molar-refractivity contribution in [3.63, 3.8) is 0 Å². The number of halogens is 2. The van der Waals surface area contributed by atoms with Gasteiger partial charge in [0.05, 0.1) is 6.10 Å². The van der Waals surface area contributed by atoms with Crippen molar-refractivity contribution in [1.82, 2.24) is 4.90 Å². The first-order valence-electron chi connectivity index (χ1n) is 5.32. The maximum Gasteiger partial charge on any atom is 0.242 e. The molecule has 1 aliphatic heterocycles. The Morgan fingerprint density at radius 1 is 1.43 bits per heavy atom. The second-order valence-electron chi connectivity index (χ2n) is 4.10. The number of hydrogen-bond donors (Lipinski definition) is 1. The molecule has 2 atom stereocenters. The van der Waals surface area contributed by atoms with Crippen LogP contribution in [0.15, 0.2) is 0 Å². The van der Waals surface area contributed by atoms with E-state index in [1.165, 1.54) is 0 Å². The van der Waals surface area contributed by atoms with Crippen molar-refractivity contribution in [2.24, 2.45) is 5.92 Å². The van der Waals surface area contributed by atoms with Gasteiger partial charge in [0.25, 0.3) is 0 Å². The van der Waals surface area contributed by atoms with Gasteiger partial charge in [0.2, 0.25) is 6.43 Å². The summed E-state index contributed by atoms with van der Waals surface area (Å²) in [4.78, 5) is 1.95. The molecule has 14 heavy (non-hydrogen) atoms. The first-order valence-corrected chi connectivity index (χ1v) is 5.32. The van der Waals surface area contributed by atoms with Crippen molar-refractivity contribution in [3.05, 3.63) is 0 Å². The van der Waals surface area contributed by atoms with E-state index in [-0.39, 0.29) is 6.42 Å². The van der Waals surface area contributed by atoms with Gasteiger partial charge in [0, 0.05) is 19.0 Å². The van der Waals surface area contributed by atoms with Crippen LogP contribution in [0, 0.1) is 5.92 Å². The molecule has 1 saturated heterocycles. The minimum atomic E-state index is -2.30. The lowest BCUT2D eigenvalue weighted by Gasteiger charge is -2.35. The first kappa shape index (κ1) is 11.9. The zero-order chi connectivity index (χ0) is 10.6. The van der Waals surface area contributed by atoms with Crippen molar-refractivity contribution in [3.8, 4) is 0 Å². The summed E-state index contributed by atoms with van der Waals surface area (Å²) in [6.07, 6.45) is -0.539. The lowest BCUT2D eigenvalue weighted by molar-refractivity contribution is -0.0256. The van der Waals surface area contributed by atoms with Crippen molar-refractivity contribution in [2.75, 3.05) is 19.6 Å². The van der Waals surface area contributed by atoms with E-state index in [9.17, 15) is 13.9 Å². The Morgan fingerprint density at radius 3 is 2.71 bits per heavy atom. The monoisotopic (exact) mass is 207 g/mol. The summed E-state index contributed by atoms with van der Waals surface area (Å²) in [5.74, 6) is -0.643. The van der Waals surface area contributed by atoms with Gasteiger partial charge >= 0.3 is 0 Å². The number of unbranched alkanes of at least 4 members (excludes halogenated alkanes) is 1. The highest BCUT2D eigenvalue weighted by molar-refractivity contribution is 4.79. The van der Waals surface area contributed by atoms with E-state index in [0.717, 1.165) is 19.4 Å². The molecule has 1 N–H and O–H groups in total. The third kappa shape index (κ3) is 3.50. The van der Waals surface area contributed by atoms with Crippen LogP contribution < -0.4 is 0 Å². The van der Waals surface area contributed by atoms with E-state index in [0.29, 0.717) is 13.1 Å². The van der Waals surface area contributed by atoms with Gasteiger partial charge in [-0.2, -0.15) is 0 Å². The van der Waals surface area contributed by atoms with Crippen LogP contribution in [0.2, 0.25) is 0 Å². The molecule has 1 rings (SSSR count). The maximum absolute atomic E-state index is 12.5. The molecule has 0 aromatic heterocycles. The summed E-state index contributed by atoms with van der Waals surface area (Å²) in [6.45, 7) is 3.90. The van der Waals surface area contributed by atoms with Crippen LogP contribution in [-0.4, -0.2) is 42.2 Å². The minimum absolute atomic E-state index is 0.250. The van der Waals surface area contributed by atoms with Crippen molar-refractivity contribution in [1.29, 1.82) is 0 Å². The fourth-order valence-corrected chi connectivity index (χ4v) is 1.95. The average Bonchev–Trinajstić information content (AvgIpc) is 2.14. The lowest BCUT2D eigenvalue weighted by Crippen LogP contribution is -2.45. The van der Waals surface area contributed by atoms with Crippen molar-refractivity contribution in [2.45, 2.75) is 38.7 Å². The fourth-order valence-electron chi connectivity index (χ4n) is 1.95. The number of aliphatic hydroxyl groups is 1. The van der Waals surface area contributed by atoms with Gasteiger partial charge in [-0.3, -0.25) is 0 Å². The van der Waals surface area contributed by atoms with E-state index < -0.39 is 18.4 Å². The van der Waals surface area contributed by atoms with Crippen molar-refractivity contribution < 1.29 is 13.9 Å². The van der Waals surface area contributed by atoms with Gasteiger partial charge in [-0.15, -0.1) is 0 Å². The molecule has 0 aromatic rings. The molecule has 1 aliphatic rings. The topological polar surface area (TPSA) is 23.5 Å².